The van der Waals surface area contributed by atoms with E-state index in [-0.39, 0.29) is 0 Å². The molecule has 0 fully saturated rings. The number of rotatable bonds is 7. The second-order valence-corrected chi connectivity index (χ2v) is 4.92. The van der Waals surface area contributed by atoms with E-state index in [1.54, 1.807) is 0 Å². The summed E-state index contributed by atoms with van der Waals surface area (Å²) in [5, 5.41) is 4.00. The lowest BCUT2D eigenvalue weighted by Crippen LogP contribution is -2.12. The zero-order valence-electron chi connectivity index (χ0n) is 11.3. The fraction of sp³-hybridized carbons (Fsp3) is 0.176. The van der Waals surface area contributed by atoms with Crippen molar-refractivity contribution in [1.29, 1.82) is 0 Å². The molecule has 1 N–H and O–H groups in total. The molecule has 2 aromatic carbocycles. The Labute approximate surface area is 125 Å². The first-order chi connectivity index (χ1) is 9.78. The molecule has 0 aliphatic rings. The summed E-state index contributed by atoms with van der Waals surface area (Å²) in [6, 6.07) is 15.8. The van der Waals surface area contributed by atoms with E-state index in [1.165, 1.54) is 5.56 Å². The van der Waals surface area contributed by atoms with E-state index in [0.29, 0.717) is 6.61 Å². The molecule has 2 rings (SSSR count). The topological polar surface area (TPSA) is 21.3 Å². The summed E-state index contributed by atoms with van der Waals surface area (Å²) in [4.78, 5) is 0. The minimum Gasteiger partial charge on any atom is -0.489 e. The second-order valence-electron chi connectivity index (χ2n) is 4.49. The first-order valence-electron chi connectivity index (χ1n) is 6.56. The Hall–Kier alpha value is -1.77. The summed E-state index contributed by atoms with van der Waals surface area (Å²) >= 11 is 5.95. The molecule has 0 radical (unpaired) electrons. The zero-order valence-corrected chi connectivity index (χ0v) is 12.1. The molecule has 0 aliphatic heterocycles. The van der Waals surface area contributed by atoms with E-state index in [2.05, 4.69) is 18.0 Å². The van der Waals surface area contributed by atoms with Gasteiger partial charge in [0.1, 0.15) is 12.4 Å². The fourth-order valence-electron chi connectivity index (χ4n) is 1.86. The summed E-state index contributed by atoms with van der Waals surface area (Å²) < 4.78 is 5.79. The van der Waals surface area contributed by atoms with Crippen molar-refractivity contribution >= 4 is 11.6 Å². The highest BCUT2D eigenvalue weighted by Gasteiger charge is 1.99. The molecule has 104 valence electrons. The highest BCUT2D eigenvalue weighted by atomic mass is 35.5. The molecule has 0 heterocycles. The van der Waals surface area contributed by atoms with Crippen LogP contribution in [0.3, 0.4) is 0 Å². The summed E-state index contributed by atoms with van der Waals surface area (Å²) in [7, 11) is 0. The number of nitrogens with one attached hydrogen (secondary N) is 1. The normalized spacial score (nSPS) is 10.2. The maximum Gasteiger partial charge on any atom is 0.120 e. The molecule has 2 nitrogen and oxygen atoms in total. The zero-order chi connectivity index (χ0) is 14.2. The molecule has 3 heteroatoms. The van der Waals surface area contributed by atoms with Gasteiger partial charge in [-0.15, -0.1) is 6.58 Å². The van der Waals surface area contributed by atoms with Gasteiger partial charge in [-0.25, -0.2) is 0 Å². The molecule has 0 amide bonds. The number of halogens is 1. The summed E-state index contributed by atoms with van der Waals surface area (Å²) in [6.07, 6.45) is 1.85. The molecule has 2 aromatic rings. The molecule has 0 spiro atoms. The molecule has 20 heavy (non-hydrogen) atoms. The van der Waals surface area contributed by atoms with E-state index in [1.807, 2.05) is 48.5 Å². The minimum atomic E-state index is 0.518. The lowest BCUT2D eigenvalue weighted by atomic mass is 10.2. The van der Waals surface area contributed by atoms with Crippen LogP contribution in [0.15, 0.2) is 61.2 Å². The van der Waals surface area contributed by atoms with Gasteiger partial charge >= 0.3 is 0 Å². The van der Waals surface area contributed by atoms with E-state index in [4.69, 9.17) is 16.3 Å². The van der Waals surface area contributed by atoms with E-state index in [0.717, 1.165) is 29.4 Å². The first kappa shape index (κ1) is 14.6. The highest BCUT2D eigenvalue weighted by molar-refractivity contribution is 6.30. The van der Waals surface area contributed by atoms with Crippen molar-refractivity contribution in [3.63, 3.8) is 0 Å². The van der Waals surface area contributed by atoms with Gasteiger partial charge in [0.2, 0.25) is 0 Å². The van der Waals surface area contributed by atoms with Gasteiger partial charge in [-0.05, 0) is 35.4 Å². The molecular formula is C17H18ClNO. The van der Waals surface area contributed by atoms with Crippen LogP contribution < -0.4 is 10.1 Å². The Bertz CT molecular complexity index is 568. The maximum absolute atomic E-state index is 5.95. The summed E-state index contributed by atoms with van der Waals surface area (Å²) in [5.74, 6) is 0.864. The van der Waals surface area contributed by atoms with Gasteiger partial charge in [-0.2, -0.15) is 0 Å². The van der Waals surface area contributed by atoms with Crippen molar-refractivity contribution in [2.24, 2.45) is 0 Å². The van der Waals surface area contributed by atoms with Gasteiger partial charge in [-0.1, -0.05) is 41.9 Å². The van der Waals surface area contributed by atoms with E-state index in [9.17, 15) is 0 Å². The Kier molecular flexibility index (Phi) is 5.66. The van der Waals surface area contributed by atoms with E-state index >= 15 is 0 Å². The molecule has 0 saturated carbocycles. The Morgan fingerprint density at radius 3 is 2.70 bits per heavy atom. The van der Waals surface area contributed by atoms with Crippen LogP contribution in [0.2, 0.25) is 5.02 Å². The average molecular weight is 288 g/mol. The lowest BCUT2D eigenvalue weighted by molar-refractivity contribution is 0.306. The number of hydrogen-bond donors (Lipinski definition) is 1. The van der Waals surface area contributed by atoms with Gasteiger partial charge in [0.15, 0.2) is 0 Å². The molecule has 0 saturated heterocycles. The van der Waals surface area contributed by atoms with Crippen LogP contribution in [0, 0.1) is 0 Å². The number of hydrogen-bond acceptors (Lipinski definition) is 2. The van der Waals surface area contributed by atoms with Crippen LogP contribution in [-0.2, 0) is 13.2 Å². The molecule has 0 aliphatic carbocycles. The monoisotopic (exact) mass is 287 g/mol. The van der Waals surface area contributed by atoms with Crippen LogP contribution in [0.5, 0.6) is 5.75 Å². The van der Waals surface area contributed by atoms with Crippen LogP contribution in [-0.4, -0.2) is 6.54 Å². The maximum atomic E-state index is 5.95. The van der Waals surface area contributed by atoms with Gasteiger partial charge in [0.05, 0.1) is 0 Å². The van der Waals surface area contributed by atoms with Crippen molar-refractivity contribution in [2.75, 3.05) is 6.54 Å². The molecule has 0 aromatic heterocycles. The fourth-order valence-corrected chi connectivity index (χ4v) is 2.07. The van der Waals surface area contributed by atoms with Crippen molar-refractivity contribution in [3.05, 3.63) is 77.3 Å². The first-order valence-corrected chi connectivity index (χ1v) is 6.93. The highest BCUT2D eigenvalue weighted by Crippen LogP contribution is 2.17. The lowest BCUT2D eigenvalue weighted by Gasteiger charge is -2.09. The van der Waals surface area contributed by atoms with Gasteiger partial charge < -0.3 is 10.1 Å². The standard InChI is InChI=1S/C17H18ClNO/c1-2-9-19-12-14-5-4-8-17(11-14)20-13-15-6-3-7-16(18)10-15/h2-8,10-11,19H,1,9,12-13H2. The van der Waals surface area contributed by atoms with Gasteiger partial charge in [-0.3, -0.25) is 0 Å². The molecule has 0 unspecified atom stereocenters. The third kappa shape index (κ3) is 4.72. The largest absolute Gasteiger partial charge is 0.489 e. The third-order valence-electron chi connectivity index (χ3n) is 2.81. The minimum absolute atomic E-state index is 0.518. The summed E-state index contributed by atoms with van der Waals surface area (Å²) in [5.41, 5.74) is 2.25. The van der Waals surface area contributed by atoms with Crippen LogP contribution in [0.4, 0.5) is 0 Å². The van der Waals surface area contributed by atoms with Crippen LogP contribution in [0.1, 0.15) is 11.1 Å². The van der Waals surface area contributed by atoms with E-state index < -0.39 is 0 Å². The van der Waals surface area contributed by atoms with Crippen molar-refractivity contribution in [1.82, 2.24) is 5.32 Å². The van der Waals surface area contributed by atoms with Crippen molar-refractivity contribution in [2.45, 2.75) is 13.2 Å². The number of ether oxygens (including phenoxy) is 1. The third-order valence-corrected chi connectivity index (χ3v) is 3.05. The summed E-state index contributed by atoms with van der Waals surface area (Å²) in [6.45, 7) is 5.80. The Balaban J connectivity index is 1.92. The number of benzene rings is 2. The van der Waals surface area contributed by atoms with Crippen LogP contribution >= 0.6 is 11.6 Å². The van der Waals surface area contributed by atoms with Crippen LogP contribution in [0.25, 0.3) is 0 Å². The van der Waals surface area contributed by atoms with Gasteiger partial charge in [0.25, 0.3) is 0 Å². The second kappa shape index (κ2) is 7.73. The Morgan fingerprint density at radius 1 is 1.10 bits per heavy atom. The van der Waals surface area contributed by atoms with Gasteiger partial charge in [0, 0.05) is 18.1 Å². The predicted molar refractivity (Wildman–Crippen MR) is 84.1 cm³/mol. The predicted octanol–water partition coefficient (Wildman–Crippen LogP) is 4.19. The smallest absolute Gasteiger partial charge is 0.120 e. The SMILES string of the molecule is C=CCNCc1cccc(OCc2cccc(Cl)c2)c1. The molecule has 0 bridgehead atoms. The average Bonchev–Trinajstić information content (AvgIpc) is 2.46. The van der Waals surface area contributed by atoms with Crippen molar-refractivity contribution in [3.8, 4) is 5.75 Å². The Morgan fingerprint density at radius 2 is 1.90 bits per heavy atom. The molecule has 0 atom stereocenters. The quantitative estimate of drug-likeness (QED) is 0.609. The van der Waals surface area contributed by atoms with Crippen molar-refractivity contribution < 1.29 is 4.74 Å². The molecular weight excluding hydrogens is 270 g/mol.